The van der Waals surface area contributed by atoms with E-state index in [1.165, 1.54) is 0 Å². The Bertz CT molecular complexity index is 236. The van der Waals surface area contributed by atoms with Crippen molar-refractivity contribution in [1.29, 1.82) is 0 Å². The first-order valence-electron chi connectivity index (χ1n) is 4.26. The van der Waals surface area contributed by atoms with E-state index in [9.17, 15) is 4.79 Å². The lowest BCUT2D eigenvalue weighted by Gasteiger charge is -2.22. The number of hydrogen-bond donors (Lipinski definition) is 1. The van der Waals surface area contributed by atoms with Gasteiger partial charge in [0.15, 0.2) is 5.71 Å². The van der Waals surface area contributed by atoms with Crippen molar-refractivity contribution in [2.75, 3.05) is 0 Å². The van der Waals surface area contributed by atoms with E-state index >= 15 is 0 Å². The van der Waals surface area contributed by atoms with Crippen molar-refractivity contribution >= 4 is 11.7 Å². The molecule has 2 rings (SSSR count). The summed E-state index contributed by atoms with van der Waals surface area (Å²) in [5, 5.41) is 12.3. The molecule has 1 heterocycles. The van der Waals surface area contributed by atoms with Crippen LogP contribution in [0.1, 0.15) is 25.7 Å². The number of carboxylic acid groups (broad SMARTS) is 1. The van der Waals surface area contributed by atoms with Gasteiger partial charge in [-0.15, -0.1) is 0 Å². The molecular formula is C8H11NO3. The van der Waals surface area contributed by atoms with E-state index in [0.29, 0.717) is 0 Å². The normalized spacial score (nSPS) is 33.5. The van der Waals surface area contributed by atoms with Gasteiger partial charge in [-0.25, -0.2) is 4.79 Å². The van der Waals surface area contributed by atoms with Crippen LogP contribution >= 0.6 is 0 Å². The molecule has 0 amide bonds. The van der Waals surface area contributed by atoms with Gasteiger partial charge in [-0.05, 0) is 19.3 Å². The summed E-state index contributed by atoms with van der Waals surface area (Å²) in [6.07, 6.45) is 4.13. The molecule has 0 bridgehead atoms. The van der Waals surface area contributed by atoms with Gasteiger partial charge in [0.25, 0.3) is 0 Å². The number of nitrogens with zero attached hydrogens (tertiary/aromatic N) is 1. The van der Waals surface area contributed by atoms with Gasteiger partial charge in [-0.2, -0.15) is 0 Å². The predicted octanol–water partition coefficient (Wildman–Crippen LogP) is 1.02. The summed E-state index contributed by atoms with van der Waals surface area (Å²) in [4.78, 5) is 15.7. The van der Waals surface area contributed by atoms with Crippen LogP contribution in [0, 0.1) is 5.92 Å². The second-order valence-corrected chi connectivity index (χ2v) is 3.32. The fourth-order valence-electron chi connectivity index (χ4n) is 1.93. The zero-order valence-corrected chi connectivity index (χ0v) is 6.69. The summed E-state index contributed by atoms with van der Waals surface area (Å²) in [6.45, 7) is 0. The van der Waals surface area contributed by atoms with E-state index < -0.39 is 5.97 Å². The van der Waals surface area contributed by atoms with Crippen molar-refractivity contribution in [1.82, 2.24) is 0 Å². The van der Waals surface area contributed by atoms with E-state index in [4.69, 9.17) is 9.94 Å². The molecule has 2 unspecified atom stereocenters. The van der Waals surface area contributed by atoms with Crippen molar-refractivity contribution in [3.63, 3.8) is 0 Å². The third-order valence-electron chi connectivity index (χ3n) is 2.56. The van der Waals surface area contributed by atoms with Crippen LogP contribution in [0.25, 0.3) is 0 Å². The average molecular weight is 169 g/mol. The number of carbonyl (C=O) groups is 1. The van der Waals surface area contributed by atoms with Crippen LogP contribution in [0.5, 0.6) is 0 Å². The maximum absolute atomic E-state index is 10.6. The monoisotopic (exact) mass is 169 g/mol. The molecule has 4 heteroatoms. The van der Waals surface area contributed by atoms with E-state index in [1.807, 2.05) is 0 Å². The summed E-state index contributed by atoms with van der Waals surface area (Å²) >= 11 is 0. The van der Waals surface area contributed by atoms with Gasteiger partial charge >= 0.3 is 5.97 Å². The number of carboxylic acids is 1. The van der Waals surface area contributed by atoms with Gasteiger partial charge in [0.2, 0.25) is 0 Å². The second-order valence-electron chi connectivity index (χ2n) is 3.32. The SMILES string of the molecule is O=C(O)C1=NOC2CCCCC12. The minimum absolute atomic E-state index is 0.0462. The van der Waals surface area contributed by atoms with Crippen LogP contribution in [-0.4, -0.2) is 22.9 Å². The van der Waals surface area contributed by atoms with Gasteiger partial charge in [0.1, 0.15) is 6.10 Å². The molecule has 0 spiro atoms. The Hall–Kier alpha value is -1.06. The maximum atomic E-state index is 10.6. The highest BCUT2D eigenvalue weighted by Gasteiger charge is 2.39. The molecule has 1 saturated carbocycles. The molecule has 0 aromatic heterocycles. The summed E-state index contributed by atoms with van der Waals surface area (Å²) in [6, 6.07) is 0. The molecule has 1 fully saturated rings. The maximum Gasteiger partial charge on any atom is 0.354 e. The quantitative estimate of drug-likeness (QED) is 0.637. The first-order valence-corrected chi connectivity index (χ1v) is 4.26. The Morgan fingerprint density at radius 2 is 2.25 bits per heavy atom. The van der Waals surface area contributed by atoms with Crippen LogP contribution in [0.2, 0.25) is 0 Å². The van der Waals surface area contributed by atoms with E-state index in [2.05, 4.69) is 5.16 Å². The number of aliphatic carboxylic acids is 1. The van der Waals surface area contributed by atoms with Crippen molar-refractivity contribution in [2.24, 2.45) is 11.1 Å². The zero-order chi connectivity index (χ0) is 8.55. The summed E-state index contributed by atoms with van der Waals surface area (Å²) < 4.78 is 0. The van der Waals surface area contributed by atoms with Gasteiger partial charge in [-0.1, -0.05) is 11.6 Å². The molecule has 1 aliphatic heterocycles. The van der Waals surface area contributed by atoms with E-state index in [1.54, 1.807) is 0 Å². The molecular weight excluding hydrogens is 158 g/mol. The van der Waals surface area contributed by atoms with Gasteiger partial charge < -0.3 is 9.94 Å². The Morgan fingerprint density at radius 3 is 3.00 bits per heavy atom. The van der Waals surface area contributed by atoms with Gasteiger partial charge in [-0.3, -0.25) is 0 Å². The summed E-state index contributed by atoms with van der Waals surface area (Å²) in [5.41, 5.74) is 0.222. The topological polar surface area (TPSA) is 58.9 Å². The number of rotatable bonds is 1. The Kier molecular flexibility index (Phi) is 1.75. The Balaban J connectivity index is 2.13. The summed E-state index contributed by atoms with van der Waals surface area (Å²) in [7, 11) is 0. The van der Waals surface area contributed by atoms with Crippen LogP contribution in [-0.2, 0) is 9.63 Å². The molecule has 4 nitrogen and oxygen atoms in total. The first kappa shape index (κ1) is 7.58. The van der Waals surface area contributed by atoms with Crippen LogP contribution in [0.4, 0.5) is 0 Å². The average Bonchev–Trinajstić information content (AvgIpc) is 2.47. The van der Waals surface area contributed by atoms with Crippen molar-refractivity contribution in [2.45, 2.75) is 31.8 Å². The Morgan fingerprint density at radius 1 is 1.50 bits per heavy atom. The third-order valence-corrected chi connectivity index (χ3v) is 2.56. The molecule has 12 heavy (non-hydrogen) atoms. The highest BCUT2D eigenvalue weighted by Crippen LogP contribution is 2.32. The van der Waals surface area contributed by atoms with Crippen LogP contribution in [0.15, 0.2) is 5.16 Å². The number of hydrogen-bond acceptors (Lipinski definition) is 3. The van der Waals surface area contributed by atoms with Crippen molar-refractivity contribution < 1.29 is 14.7 Å². The fraction of sp³-hybridized carbons (Fsp3) is 0.750. The zero-order valence-electron chi connectivity index (χ0n) is 6.69. The molecule has 66 valence electrons. The number of oxime groups is 1. The highest BCUT2D eigenvalue weighted by atomic mass is 16.6. The van der Waals surface area contributed by atoms with Gasteiger partial charge in [0.05, 0.1) is 5.92 Å². The van der Waals surface area contributed by atoms with Crippen molar-refractivity contribution in [3.8, 4) is 0 Å². The minimum atomic E-state index is -0.926. The molecule has 0 radical (unpaired) electrons. The second kappa shape index (κ2) is 2.77. The first-order chi connectivity index (χ1) is 5.79. The van der Waals surface area contributed by atoms with Crippen LogP contribution < -0.4 is 0 Å². The molecule has 2 aliphatic rings. The molecule has 0 saturated heterocycles. The standard InChI is InChI=1S/C8H11NO3/c10-8(11)7-5-3-1-2-4-6(5)12-9-7/h5-6H,1-4H2,(H,10,11). The molecule has 0 aromatic carbocycles. The van der Waals surface area contributed by atoms with Crippen molar-refractivity contribution in [3.05, 3.63) is 0 Å². The molecule has 1 N–H and O–H groups in total. The minimum Gasteiger partial charge on any atom is -0.477 e. The smallest absolute Gasteiger partial charge is 0.354 e. The van der Waals surface area contributed by atoms with Gasteiger partial charge in [0, 0.05) is 0 Å². The lowest BCUT2D eigenvalue weighted by atomic mass is 9.84. The lowest BCUT2D eigenvalue weighted by molar-refractivity contribution is -0.129. The van der Waals surface area contributed by atoms with Crippen LogP contribution in [0.3, 0.4) is 0 Å². The van der Waals surface area contributed by atoms with E-state index in [-0.39, 0.29) is 17.7 Å². The third kappa shape index (κ3) is 1.07. The number of fused-ring (bicyclic) bond motifs is 1. The largest absolute Gasteiger partial charge is 0.477 e. The predicted molar refractivity (Wildman–Crippen MR) is 41.9 cm³/mol. The lowest BCUT2D eigenvalue weighted by Crippen LogP contribution is -2.30. The summed E-state index contributed by atoms with van der Waals surface area (Å²) in [5.74, 6) is -0.874. The molecule has 1 aliphatic carbocycles. The highest BCUT2D eigenvalue weighted by molar-refractivity contribution is 6.36. The fourth-order valence-corrected chi connectivity index (χ4v) is 1.93. The Labute approximate surface area is 70.2 Å². The molecule has 0 aromatic rings. The molecule has 2 atom stereocenters. The van der Waals surface area contributed by atoms with E-state index in [0.717, 1.165) is 25.7 Å².